The highest BCUT2D eigenvalue weighted by Gasteiger charge is 2.38. The predicted octanol–water partition coefficient (Wildman–Crippen LogP) is 2.32. The van der Waals surface area contributed by atoms with E-state index in [1.807, 2.05) is 30.3 Å². The normalized spacial score (nSPS) is 13.7. The average Bonchev–Trinajstić information content (AvgIpc) is 3.30. The molecule has 18 heavy (non-hydrogen) atoms. The van der Waals surface area contributed by atoms with E-state index in [0.717, 1.165) is 0 Å². The first-order valence-electron chi connectivity index (χ1n) is 6.20. The van der Waals surface area contributed by atoms with Crippen molar-refractivity contribution >= 4 is 8.97 Å². The minimum absolute atomic E-state index is 0.669. The Morgan fingerprint density at radius 3 is 1.83 bits per heavy atom. The zero-order valence-electron chi connectivity index (χ0n) is 11.4. The van der Waals surface area contributed by atoms with Crippen molar-refractivity contribution in [2.45, 2.75) is 25.8 Å². The summed E-state index contributed by atoms with van der Waals surface area (Å²) >= 11 is 0. The van der Waals surface area contributed by atoms with Crippen LogP contribution in [0.5, 0.6) is 0 Å². The number of rotatable bonds is 6. The van der Waals surface area contributed by atoms with Gasteiger partial charge < -0.3 is 13.3 Å². The Morgan fingerprint density at radius 2 is 1.44 bits per heavy atom. The quantitative estimate of drug-likeness (QED) is 0.805. The highest BCUT2D eigenvalue weighted by molar-refractivity contribution is 6.57. The summed E-state index contributed by atoms with van der Waals surface area (Å²) in [7, 11) is 2.09. The van der Waals surface area contributed by atoms with Gasteiger partial charge in [0.2, 0.25) is 0 Å². The molecule has 0 atom stereocenters. The molecule has 0 spiro atoms. The van der Waals surface area contributed by atoms with E-state index in [1.165, 1.54) is 24.8 Å². The van der Waals surface area contributed by atoms with E-state index >= 15 is 0 Å². The van der Waals surface area contributed by atoms with Gasteiger partial charge in [-0.3, -0.25) is 4.98 Å². The van der Waals surface area contributed by atoms with Crippen LogP contribution in [0.2, 0.25) is 0 Å². The fraction of sp³-hybridized carbons (Fsp3) is 0.538. The molecule has 0 amide bonds. The molecule has 102 valence electrons. The lowest BCUT2D eigenvalue weighted by atomic mass is 10.2. The number of nitrogens with one attached hydrogen (secondary N) is 1. The van der Waals surface area contributed by atoms with Crippen LogP contribution in [0, 0.1) is 0 Å². The Morgan fingerprint density at radius 1 is 0.944 bits per heavy atom. The van der Waals surface area contributed by atoms with Crippen molar-refractivity contribution in [3.63, 3.8) is 0 Å². The van der Waals surface area contributed by atoms with Gasteiger partial charge in [0, 0.05) is 27.9 Å². The second-order valence-corrected chi connectivity index (χ2v) is 6.76. The van der Waals surface area contributed by atoms with Crippen molar-refractivity contribution in [2.75, 3.05) is 21.3 Å². The SMILES string of the molecule is C1CC1.CO[Si](NCc1ccccc1)(OC)OC. The highest BCUT2D eigenvalue weighted by Crippen LogP contribution is 2.14. The molecule has 0 unspecified atom stereocenters. The maximum atomic E-state index is 5.24. The van der Waals surface area contributed by atoms with E-state index in [2.05, 4.69) is 4.98 Å². The third-order valence-corrected chi connectivity index (χ3v) is 4.73. The smallest absolute Gasteiger partial charge is 0.364 e. The molecule has 0 radical (unpaired) electrons. The van der Waals surface area contributed by atoms with E-state index in [9.17, 15) is 0 Å². The standard InChI is InChI=1S/C10H17NO3Si.C3H6/c1-12-15(13-2,14-3)11-9-10-7-5-4-6-8-10;1-2-3-1/h4-8,11H,9H2,1-3H3;1-3H2. The van der Waals surface area contributed by atoms with Gasteiger partial charge >= 0.3 is 8.97 Å². The minimum atomic E-state index is -2.65. The van der Waals surface area contributed by atoms with Gasteiger partial charge in [-0.25, -0.2) is 0 Å². The maximum Gasteiger partial charge on any atom is 0.596 e. The topological polar surface area (TPSA) is 39.7 Å². The van der Waals surface area contributed by atoms with Crippen LogP contribution >= 0.6 is 0 Å². The molecule has 0 aliphatic heterocycles. The molecular weight excluding hydrogens is 246 g/mol. The summed E-state index contributed by atoms with van der Waals surface area (Å²) in [5.74, 6) is 0. The molecule has 1 aromatic carbocycles. The van der Waals surface area contributed by atoms with Gasteiger partial charge in [-0.1, -0.05) is 49.6 Å². The van der Waals surface area contributed by atoms with Gasteiger partial charge in [0.25, 0.3) is 0 Å². The van der Waals surface area contributed by atoms with Crippen molar-refractivity contribution in [1.29, 1.82) is 0 Å². The lowest BCUT2D eigenvalue weighted by molar-refractivity contribution is 0.109. The van der Waals surface area contributed by atoms with Crippen molar-refractivity contribution in [3.8, 4) is 0 Å². The lowest BCUT2D eigenvalue weighted by Crippen LogP contribution is -2.56. The molecule has 5 heteroatoms. The first-order chi connectivity index (χ1) is 8.76. The molecule has 0 heterocycles. The van der Waals surface area contributed by atoms with Crippen molar-refractivity contribution in [3.05, 3.63) is 35.9 Å². The fourth-order valence-electron chi connectivity index (χ4n) is 1.27. The summed E-state index contributed by atoms with van der Waals surface area (Å²) in [4.78, 5) is 3.17. The number of hydrogen-bond donors (Lipinski definition) is 1. The van der Waals surface area contributed by atoms with Gasteiger partial charge in [0.1, 0.15) is 0 Å². The van der Waals surface area contributed by atoms with Crippen LogP contribution in [-0.4, -0.2) is 30.3 Å². The first-order valence-corrected chi connectivity index (χ1v) is 7.93. The summed E-state index contributed by atoms with van der Waals surface area (Å²) in [5.41, 5.74) is 1.17. The van der Waals surface area contributed by atoms with Crippen LogP contribution in [-0.2, 0) is 19.8 Å². The molecule has 1 aliphatic carbocycles. The number of benzene rings is 1. The average molecular weight is 269 g/mol. The van der Waals surface area contributed by atoms with Gasteiger partial charge in [-0.05, 0) is 5.56 Å². The van der Waals surface area contributed by atoms with E-state index in [-0.39, 0.29) is 0 Å². The third kappa shape index (κ3) is 5.75. The molecule has 2 rings (SSSR count). The second kappa shape index (κ2) is 8.39. The van der Waals surface area contributed by atoms with Gasteiger partial charge in [0.15, 0.2) is 0 Å². The largest absolute Gasteiger partial charge is 0.596 e. The second-order valence-electron chi connectivity index (χ2n) is 4.07. The van der Waals surface area contributed by atoms with E-state index in [1.54, 1.807) is 21.3 Å². The summed E-state index contributed by atoms with van der Waals surface area (Å²) < 4.78 is 15.7. The van der Waals surface area contributed by atoms with Crippen LogP contribution in [0.3, 0.4) is 0 Å². The summed E-state index contributed by atoms with van der Waals surface area (Å²) in [6.45, 7) is 0.669. The van der Waals surface area contributed by atoms with Gasteiger partial charge in [0.05, 0.1) is 0 Å². The monoisotopic (exact) mass is 269 g/mol. The lowest BCUT2D eigenvalue weighted by Gasteiger charge is -2.24. The molecular formula is C13H23NO3Si. The molecule has 4 nitrogen and oxygen atoms in total. The van der Waals surface area contributed by atoms with Crippen molar-refractivity contribution < 1.29 is 13.3 Å². The van der Waals surface area contributed by atoms with Crippen LogP contribution < -0.4 is 4.98 Å². The fourth-order valence-corrected chi connectivity index (χ4v) is 2.63. The van der Waals surface area contributed by atoms with Crippen LogP contribution in [0.25, 0.3) is 0 Å². The molecule has 1 aromatic rings. The Hall–Kier alpha value is -0.723. The third-order valence-electron chi connectivity index (χ3n) is 2.51. The summed E-state index contributed by atoms with van der Waals surface area (Å²) in [6, 6.07) is 10.0. The molecule has 0 saturated heterocycles. The summed E-state index contributed by atoms with van der Waals surface area (Å²) in [5, 5.41) is 0. The molecule has 1 aliphatic rings. The molecule has 1 N–H and O–H groups in total. The molecule has 1 saturated carbocycles. The Balaban J connectivity index is 0.000000468. The molecule has 0 bridgehead atoms. The first kappa shape index (κ1) is 15.3. The zero-order chi connectivity index (χ0) is 13.3. The van der Waals surface area contributed by atoms with Crippen LogP contribution in [0.15, 0.2) is 30.3 Å². The van der Waals surface area contributed by atoms with Crippen LogP contribution in [0.1, 0.15) is 24.8 Å². The Bertz CT molecular complexity index is 304. The van der Waals surface area contributed by atoms with Gasteiger partial charge in [-0.15, -0.1) is 0 Å². The Labute approximate surface area is 111 Å². The Kier molecular flexibility index (Phi) is 7.15. The minimum Gasteiger partial charge on any atom is -0.364 e. The van der Waals surface area contributed by atoms with Crippen LogP contribution in [0.4, 0.5) is 0 Å². The van der Waals surface area contributed by atoms with E-state index in [0.29, 0.717) is 6.54 Å². The predicted molar refractivity (Wildman–Crippen MR) is 73.9 cm³/mol. The number of hydrogen-bond acceptors (Lipinski definition) is 4. The summed E-state index contributed by atoms with van der Waals surface area (Å²) in [6.07, 6.45) is 4.50. The van der Waals surface area contributed by atoms with Gasteiger partial charge in [-0.2, -0.15) is 0 Å². The van der Waals surface area contributed by atoms with E-state index in [4.69, 9.17) is 13.3 Å². The van der Waals surface area contributed by atoms with Crippen molar-refractivity contribution in [1.82, 2.24) is 4.98 Å². The highest BCUT2D eigenvalue weighted by atomic mass is 28.4. The molecule has 1 fully saturated rings. The van der Waals surface area contributed by atoms with Crippen molar-refractivity contribution in [2.24, 2.45) is 0 Å². The molecule has 0 aromatic heterocycles. The van der Waals surface area contributed by atoms with E-state index < -0.39 is 8.97 Å². The maximum absolute atomic E-state index is 5.24. The zero-order valence-corrected chi connectivity index (χ0v) is 12.4.